The van der Waals surface area contributed by atoms with Crippen LogP contribution >= 0.6 is 11.8 Å². The van der Waals surface area contributed by atoms with Crippen LogP contribution in [0.3, 0.4) is 0 Å². The molecular weight excluding hydrogens is 284 g/mol. The number of rotatable bonds is 5. The molecule has 0 bridgehead atoms. The normalized spacial score (nSPS) is 30.2. The second kappa shape index (κ2) is 8.89. The smallest absolute Gasteiger partial charge is 0.317 e. The van der Waals surface area contributed by atoms with Gasteiger partial charge in [0.05, 0.1) is 6.61 Å². The summed E-state index contributed by atoms with van der Waals surface area (Å²) in [6, 6.07) is 0.515. The Hall–Kier alpha value is -0.420. The first-order valence-corrected chi connectivity index (χ1v) is 9.43. The number of piperidine rings is 1. The van der Waals surface area contributed by atoms with E-state index in [1.807, 2.05) is 16.7 Å². The summed E-state index contributed by atoms with van der Waals surface area (Å²) in [5, 5.41) is 4.01. The molecule has 1 aliphatic heterocycles. The first kappa shape index (κ1) is 16.9. The topological polar surface area (TPSA) is 41.6 Å². The summed E-state index contributed by atoms with van der Waals surface area (Å²) in [6.45, 7) is 4.73. The summed E-state index contributed by atoms with van der Waals surface area (Å²) in [7, 11) is 1.74. The van der Waals surface area contributed by atoms with Crippen molar-refractivity contribution in [2.24, 2.45) is 5.92 Å². The van der Waals surface area contributed by atoms with Crippen molar-refractivity contribution in [3.63, 3.8) is 0 Å². The highest BCUT2D eigenvalue weighted by Crippen LogP contribution is 2.28. The number of hydrogen-bond donors (Lipinski definition) is 1. The zero-order valence-corrected chi connectivity index (χ0v) is 14.3. The van der Waals surface area contributed by atoms with Gasteiger partial charge in [-0.3, -0.25) is 0 Å². The number of carbonyl (C=O) groups is 1. The van der Waals surface area contributed by atoms with E-state index in [1.54, 1.807) is 7.11 Å². The molecule has 0 spiro atoms. The van der Waals surface area contributed by atoms with Crippen molar-refractivity contribution in [1.82, 2.24) is 10.2 Å². The highest BCUT2D eigenvalue weighted by molar-refractivity contribution is 7.99. The lowest BCUT2D eigenvalue weighted by Gasteiger charge is -2.35. The fourth-order valence-corrected chi connectivity index (χ4v) is 4.72. The second-order valence-corrected chi connectivity index (χ2v) is 7.88. The average molecular weight is 314 g/mol. The Morgan fingerprint density at radius 2 is 2.19 bits per heavy atom. The molecule has 5 heteroatoms. The number of nitrogens with one attached hydrogen (secondary N) is 1. The van der Waals surface area contributed by atoms with Gasteiger partial charge in [-0.2, -0.15) is 11.8 Å². The molecule has 1 saturated heterocycles. The number of likely N-dealkylation sites (tertiary alicyclic amines) is 1. The molecule has 1 N–H and O–H groups in total. The van der Waals surface area contributed by atoms with E-state index < -0.39 is 0 Å². The molecule has 2 fully saturated rings. The number of thioether (sulfide) groups is 1. The molecule has 2 aliphatic rings. The van der Waals surface area contributed by atoms with Gasteiger partial charge in [0.1, 0.15) is 0 Å². The van der Waals surface area contributed by atoms with Gasteiger partial charge >= 0.3 is 6.03 Å². The standard InChI is InChI=1S/C16H30N2O2S/c1-3-21-15-8-4-7-14(10-15)17-16(19)18-9-5-6-13(11-18)12-20-2/h13-15H,3-12H2,1-2H3,(H,17,19)/t13-,14+,15+/m0/s1. The van der Waals surface area contributed by atoms with E-state index in [1.165, 1.54) is 25.0 Å². The van der Waals surface area contributed by atoms with E-state index in [2.05, 4.69) is 12.2 Å². The Morgan fingerprint density at radius 1 is 1.33 bits per heavy atom. The van der Waals surface area contributed by atoms with Crippen LogP contribution in [0, 0.1) is 5.92 Å². The van der Waals surface area contributed by atoms with Crippen molar-refractivity contribution in [1.29, 1.82) is 0 Å². The van der Waals surface area contributed by atoms with E-state index in [0.29, 0.717) is 12.0 Å². The largest absolute Gasteiger partial charge is 0.384 e. The zero-order valence-electron chi connectivity index (χ0n) is 13.5. The van der Waals surface area contributed by atoms with Crippen LogP contribution in [0.2, 0.25) is 0 Å². The molecule has 21 heavy (non-hydrogen) atoms. The monoisotopic (exact) mass is 314 g/mol. The molecule has 0 unspecified atom stereocenters. The van der Waals surface area contributed by atoms with E-state index in [4.69, 9.17) is 4.74 Å². The maximum Gasteiger partial charge on any atom is 0.317 e. The van der Waals surface area contributed by atoms with Gasteiger partial charge in [-0.05, 0) is 37.9 Å². The Morgan fingerprint density at radius 3 is 2.95 bits per heavy atom. The minimum absolute atomic E-state index is 0.142. The maximum absolute atomic E-state index is 12.4. The van der Waals surface area contributed by atoms with Gasteiger partial charge in [0.25, 0.3) is 0 Å². The van der Waals surface area contributed by atoms with Crippen LogP contribution in [0.5, 0.6) is 0 Å². The van der Waals surface area contributed by atoms with Gasteiger partial charge in [0.2, 0.25) is 0 Å². The molecule has 4 nitrogen and oxygen atoms in total. The third-order valence-electron chi connectivity index (χ3n) is 4.56. The Balaban J connectivity index is 1.77. The fourth-order valence-electron chi connectivity index (χ4n) is 3.55. The lowest BCUT2D eigenvalue weighted by molar-refractivity contribution is 0.0990. The molecule has 2 amide bonds. The Bertz CT molecular complexity index is 323. The van der Waals surface area contributed by atoms with Crippen molar-refractivity contribution >= 4 is 17.8 Å². The first-order valence-electron chi connectivity index (χ1n) is 8.39. The minimum Gasteiger partial charge on any atom is -0.384 e. The predicted octanol–water partition coefficient (Wildman–Crippen LogP) is 3.12. The molecule has 0 aromatic carbocycles. The molecule has 3 atom stereocenters. The summed E-state index contributed by atoms with van der Waals surface area (Å²) in [6.07, 6.45) is 7.11. The molecule has 1 heterocycles. The van der Waals surface area contributed by atoms with E-state index in [9.17, 15) is 4.79 Å². The van der Waals surface area contributed by atoms with Gasteiger partial charge in [0.15, 0.2) is 0 Å². The van der Waals surface area contributed by atoms with Crippen LogP contribution in [-0.4, -0.2) is 54.8 Å². The van der Waals surface area contributed by atoms with Crippen molar-refractivity contribution in [2.45, 2.75) is 56.7 Å². The third kappa shape index (κ3) is 5.37. The molecule has 0 aromatic rings. The highest BCUT2D eigenvalue weighted by Gasteiger charge is 2.27. The molecular formula is C16H30N2O2S. The van der Waals surface area contributed by atoms with Gasteiger partial charge in [-0.15, -0.1) is 0 Å². The molecule has 0 radical (unpaired) electrons. The van der Waals surface area contributed by atoms with Crippen molar-refractivity contribution in [3.8, 4) is 0 Å². The number of carbonyl (C=O) groups excluding carboxylic acids is 1. The van der Waals surface area contributed by atoms with Gasteiger partial charge in [0, 0.05) is 37.4 Å². The number of nitrogens with zero attached hydrogens (tertiary/aromatic N) is 1. The van der Waals surface area contributed by atoms with E-state index in [-0.39, 0.29) is 6.03 Å². The van der Waals surface area contributed by atoms with Crippen LogP contribution in [0.25, 0.3) is 0 Å². The fraction of sp³-hybridized carbons (Fsp3) is 0.938. The van der Waals surface area contributed by atoms with Crippen LogP contribution < -0.4 is 5.32 Å². The quantitative estimate of drug-likeness (QED) is 0.848. The van der Waals surface area contributed by atoms with Crippen molar-refractivity contribution < 1.29 is 9.53 Å². The summed E-state index contributed by atoms with van der Waals surface area (Å²) in [5.74, 6) is 1.68. The minimum atomic E-state index is 0.142. The number of methoxy groups -OCH3 is 1. The highest BCUT2D eigenvalue weighted by atomic mass is 32.2. The average Bonchev–Trinajstić information content (AvgIpc) is 2.48. The van der Waals surface area contributed by atoms with Crippen LogP contribution in [0.1, 0.15) is 45.4 Å². The van der Waals surface area contributed by atoms with E-state index in [0.717, 1.165) is 44.2 Å². The van der Waals surface area contributed by atoms with Crippen molar-refractivity contribution in [2.75, 3.05) is 32.6 Å². The van der Waals surface area contributed by atoms with Gasteiger partial charge in [-0.25, -0.2) is 4.79 Å². The summed E-state index contributed by atoms with van der Waals surface area (Å²) in [5.41, 5.74) is 0. The SMILES string of the molecule is CCS[C@@H]1CCC[C@@H](NC(=O)N2CCC[C@H](COC)C2)C1. The first-order chi connectivity index (χ1) is 10.2. The molecule has 122 valence electrons. The molecule has 1 saturated carbocycles. The zero-order chi connectivity index (χ0) is 15.1. The summed E-state index contributed by atoms with van der Waals surface area (Å²) < 4.78 is 5.24. The third-order valence-corrected chi connectivity index (χ3v) is 5.80. The number of ether oxygens (including phenoxy) is 1. The second-order valence-electron chi connectivity index (χ2n) is 6.30. The lowest BCUT2D eigenvalue weighted by atomic mass is 9.95. The number of hydrogen-bond acceptors (Lipinski definition) is 3. The summed E-state index contributed by atoms with van der Waals surface area (Å²) in [4.78, 5) is 14.4. The Labute approximate surface area is 133 Å². The summed E-state index contributed by atoms with van der Waals surface area (Å²) >= 11 is 2.04. The van der Waals surface area contributed by atoms with Crippen LogP contribution in [-0.2, 0) is 4.74 Å². The predicted molar refractivity (Wildman–Crippen MR) is 88.9 cm³/mol. The number of amides is 2. The van der Waals surface area contributed by atoms with Crippen LogP contribution in [0.15, 0.2) is 0 Å². The van der Waals surface area contributed by atoms with Gasteiger partial charge in [-0.1, -0.05) is 13.3 Å². The van der Waals surface area contributed by atoms with Gasteiger partial charge < -0.3 is 15.0 Å². The molecule has 0 aromatic heterocycles. The molecule has 2 rings (SSSR count). The molecule has 1 aliphatic carbocycles. The Kier molecular flexibility index (Phi) is 7.17. The lowest BCUT2D eigenvalue weighted by Crippen LogP contribution is -2.50. The number of urea groups is 1. The van der Waals surface area contributed by atoms with Crippen molar-refractivity contribution in [3.05, 3.63) is 0 Å². The maximum atomic E-state index is 12.4. The van der Waals surface area contributed by atoms with E-state index >= 15 is 0 Å². The van der Waals surface area contributed by atoms with Crippen LogP contribution in [0.4, 0.5) is 4.79 Å².